The molecule has 1 fully saturated rings. The molecule has 37 heavy (non-hydrogen) atoms. The Balaban J connectivity index is 1.66. The van der Waals surface area contributed by atoms with Crippen molar-refractivity contribution in [2.24, 2.45) is 5.73 Å². The molecule has 0 atom stereocenters. The van der Waals surface area contributed by atoms with Gasteiger partial charge in [-0.1, -0.05) is 59.1 Å². The first kappa shape index (κ1) is 25.3. The molecule has 190 valence electrons. The van der Waals surface area contributed by atoms with Gasteiger partial charge in [0.15, 0.2) is 5.69 Å². The number of carbonyl (C=O) groups excluding carboxylic acids is 1. The van der Waals surface area contributed by atoms with Crippen LogP contribution in [0.25, 0.3) is 22.5 Å². The fourth-order valence-electron chi connectivity index (χ4n) is 4.29. The van der Waals surface area contributed by atoms with E-state index in [-0.39, 0.29) is 24.7 Å². The largest absolute Gasteiger partial charge is 0.325 e. The first-order valence-corrected chi connectivity index (χ1v) is 12.8. The van der Waals surface area contributed by atoms with Crippen LogP contribution < -0.4 is 11.2 Å². The zero-order valence-corrected chi connectivity index (χ0v) is 21.6. The summed E-state index contributed by atoms with van der Waals surface area (Å²) in [5.74, 6) is -0.323. The summed E-state index contributed by atoms with van der Waals surface area (Å²) in [7, 11) is 0. The van der Waals surface area contributed by atoms with Crippen LogP contribution in [0.15, 0.2) is 54.7 Å². The summed E-state index contributed by atoms with van der Waals surface area (Å²) in [5.41, 5.74) is 13.0. The van der Waals surface area contributed by atoms with Gasteiger partial charge in [-0.3, -0.25) is 10.2 Å². The minimum absolute atomic E-state index is 0.184. The average molecular weight is 537 g/mol. The van der Waals surface area contributed by atoms with Gasteiger partial charge in [-0.25, -0.2) is 19.7 Å². The normalized spacial score (nSPS) is 14.0. The predicted octanol–water partition coefficient (Wildman–Crippen LogP) is 4.35. The van der Waals surface area contributed by atoms with Gasteiger partial charge < -0.3 is 5.73 Å². The Morgan fingerprint density at radius 1 is 0.892 bits per heavy atom. The maximum absolute atomic E-state index is 13.6. The van der Waals surface area contributed by atoms with Gasteiger partial charge in [0.05, 0.1) is 35.5 Å². The van der Waals surface area contributed by atoms with Crippen LogP contribution in [0.4, 0.5) is 0 Å². The van der Waals surface area contributed by atoms with E-state index < -0.39 is 0 Å². The number of hydrazine groups is 1. The van der Waals surface area contributed by atoms with Gasteiger partial charge in [0.1, 0.15) is 0 Å². The first-order valence-electron chi connectivity index (χ1n) is 12.1. The highest BCUT2D eigenvalue weighted by Crippen LogP contribution is 2.32. The van der Waals surface area contributed by atoms with Crippen molar-refractivity contribution < 1.29 is 4.79 Å². The zero-order chi connectivity index (χ0) is 25.8. The van der Waals surface area contributed by atoms with Crippen molar-refractivity contribution in [3.05, 3.63) is 81.9 Å². The minimum atomic E-state index is -0.323. The van der Waals surface area contributed by atoms with E-state index in [1.807, 2.05) is 29.3 Å². The second-order valence-corrected chi connectivity index (χ2v) is 9.68. The molecule has 0 bridgehead atoms. The Labute approximate surface area is 224 Å². The summed E-state index contributed by atoms with van der Waals surface area (Å²) in [5, 5.41) is 11.3. The van der Waals surface area contributed by atoms with Crippen molar-refractivity contribution in [1.82, 2.24) is 35.4 Å². The van der Waals surface area contributed by atoms with E-state index in [4.69, 9.17) is 38.9 Å². The fourth-order valence-corrected chi connectivity index (χ4v) is 4.55. The lowest BCUT2D eigenvalue weighted by atomic mass is 10.0. The van der Waals surface area contributed by atoms with Crippen LogP contribution in [-0.4, -0.2) is 49.0 Å². The van der Waals surface area contributed by atoms with Crippen molar-refractivity contribution in [1.29, 1.82) is 0 Å². The standard InChI is InChI=1S/C26H26Cl2N8O/c27-19-8-4-17(5-9-19)23-24(18-6-10-20(28)11-7-18)32-25(26(37)33-35-12-2-1-3-13-35)22(31-23)16-36-21(14-29)15-30-34-36/h4-11,15H,1-3,12-14,16,29H2,(H,33,37). The molecular weight excluding hydrogens is 511 g/mol. The number of hydrogen-bond donors (Lipinski definition) is 2. The molecule has 0 radical (unpaired) electrons. The molecule has 1 aliphatic rings. The number of amides is 1. The third-order valence-corrected chi connectivity index (χ3v) is 6.74. The topological polar surface area (TPSA) is 115 Å². The number of hydrogen-bond acceptors (Lipinski definition) is 7. The molecule has 2 aromatic carbocycles. The maximum Gasteiger partial charge on any atom is 0.286 e. The van der Waals surface area contributed by atoms with Crippen LogP contribution >= 0.6 is 23.2 Å². The molecule has 1 aliphatic heterocycles. The van der Waals surface area contributed by atoms with Crippen LogP contribution in [-0.2, 0) is 13.1 Å². The highest BCUT2D eigenvalue weighted by molar-refractivity contribution is 6.31. The first-order chi connectivity index (χ1) is 18.0. The second-order valence-electron chi connectivity index (χ2n) is 8.81. The molecule has 1 amide bonds. The van der Waals surface area contributed by atoms with Crippen LogP contribution in [0.1, 0.15) is 41.1 Å². The number of aromatic nitrogens is 5. The predicted molar refractivity (Wildman–Crippen MR) is 143 cm³/mol. The van der Waals surface area contributed by atoms with Crippen molar-refractivity contribution in [3.8, 4) is 22.5 Å². The van der Waals surface area contributed by atoms with Gasteiger partial charge >= 0.3 is 0 Å². The number of halogens is 2. The number of nitrogens with zero attached hydrogens (tertiary/aromatic N) is 6. The summed E-state index contributed by atoms with van der Waals surface area (Å²) in [6, 6.07) is 14.6. The molecule has 1 saturated heterocycles. The van der Waals surface area contributed by atoms with Crippen LogP contribution in [0.3, 0.4) is 0 Å². The number of carbonyl (C=O) groups is 1. The molecule has 0 aliphatic carbocycles. The second kappa shape index (κ2) is 11.4. The maximum atomic E-state index is 13.6. The minimum Gasteiger partial charge on any atom is -0.325 e. The van der Waals surface area contributed by atoms with Crippen molar-refractivity contribution in [2.75, 3.05) is 13.1 Å². The van der Waals surface area contributed by atoms with E-state index in [0.717, 1.165) is 49.2 Å². The van der Waals surface area contributed by atoms with E-state index in [1.165, 1.54) is 0 Å². The monoisotopic (exact) mass is 536 g/mol. The van der Waals surface area contributed by atoms with Gasteiger partial charge in [0.2, 0.25) is 0 Å². The number of piperidine rings is 1. The molecular formula is C26H26Cl2N8O. The highest BCUT2D eigenvalue weighted by atomic mass is 35.5. The van der Waals surface area contributed by atoms with Crippen LogP contribution in [0.2, 0.25) is 10.0 Å². The molecule has 5 rings (SSSR count). The zero-order valence-electron chi connectivity index (χ0n) is 20.1. The fraction of sp³-hybridized carbons (Fsp3) is 0.269. The molecule has 4 aromatic rings. The van der Waals surface area contributed by atoms with E-state index in [1.54, 1.807) is 35.1 Å². The van der Waals surface area contributed by atoms with Crippen LogP contribution in [0, 0.1) is 0 Å². The number of rotatable bonds is 7. The van der Waals surface area contributed by atoms with Crippen molar-refractivity contribution in [2.45, 2.75) is 32.4 Å². The van der Waals surface area contributed by atoms with Crippen molar-refractivity contribution >= 4 is 29.1 Å². The third kappa shape index (κ3) is 5.80. The summed E-state index contributed by atoms with van der Waals surface area (Å²) in [6.45, 7) is 2.02. The molecule has 2 aromatic heterocycles. The number of benzene rings is 2. The lowest BCUT2D eigenvalue weighted by Crippen LogP contribution is -2.45. The quantitative estimate of drug-likeness (QED) is 0.360. The van der Waals surface area contributed by atoms with Gasteiger partial charge in [-0.15, -0.1) is 5.10 Å². The Bertz CT molecular complexity index is 1380. The smallest absolute Gasteiger partial charge is 0.286 e. The van der Waals surface area contributed by atoms with Gasteiger partial charge in [-0.2, -0.15) is 0 Å². The number of nitrogens with two attached hydrogens (primary N) is 1. The lowest BCUT2D eigenvalue weighted by molar-refractivity contribution is 0.0743. The molecule has 0 spiro atoms. The molecule has 3 N–H and O–H groups in total. The summed E-state index contributed by atoms with van der Waals surface area (Å²) in [4.78, 5) is 23.5. The van der Waals surface area contributed by atoms with Crippen LogP contribution in [0.5, 0.6) is 0 Å². The van der Waals surface area contributed by atoms with E-state index in [0.29, 0.717) is 27.1 Å². The van der Waals surface area contributed by atoms with E-state index in [9.17, 15) is 4.79 Å². The van der Waals surface area contributed by atoms with Gasteiger partial charge in [0, 0.05) is 40.8 Å². The summed E-state index contributed by atoms with van der Waals surface area (Å²) in [6.07, 6.45) is 4.82. The Kier molecular flexibility index (Phi) is 7.76. The molecule has 3 heterocycles. The number of nitrogens with one attached hydrogen (secondary N) is 1. The third-order valence-electron chi connectivity index (χ3n) is 6.24. The van der Waals surface area contributed by atoms with Gasteiger partial charge in [-0.05, 0) is 37.1 Å². The average Bonchev–Trinajstić information content (AvgIpc) is 3.37. The Morgan fingerprint density at radius 3 is 2.08 bits per heavy atom. The Hall–Kier alpha value is -3.37. The lowest BCUT2D eigenvalue weighted by Gasteiger charge is -2.27. The Morgan fingerprint density at radius 2 is 1.49 bits per heavy atom. The molecule has 9 nitrogen and oxygen atoms in total. The van der Waals surface area contributed by atoms with Crippen molar-refractivity contribution in [3.63, 3.8) is 0 Å². The molecule has 0 unspecified atom stereocenters. The van der Waals surface area contributed by atoms with E-state index >= 15 is 0 Å². The van der Waals surface area contributed by atoms with E-state index in [2.05, 4.69) is 15.7 Å². The van der Waals surface area contributed by atoms with Gasteiger partial charge in [0.25, 0.3) is 5.91 Å². The molecule has 11 heteroatoms. The SMILES string of the molecule is NCc1cnnn1Cc1nc(-c2ccc(Cl)cc2)c(-c2ccc(Cl)cc2)nc1C(=O)NN1CCCCC1. The molecule has 0 saturated carbocycles. The summed E-state index contributed by atoms with van der Waals surface area (Å²) < 4.78 is 1.63. The highest BCUT2D eigenvalue weighted by Gasteiger charge is 2.24. The summed E-state index contributed by atoms with van der Waals surface area (Å²) >= 11 is 12.3.